The van der Waals surface area contributed by atoms with Crippen molar-refractivity contribution in [2.45, 2.75) is 19.8 Å². The van der Waals surface area contributed by atoms with Gasteiger partial charge in [-0.1, -0.05) is 19.1 Å². The molecule has 104 valence electrons. The second-order valence-electron chi connectivity index (χ2n) is 5.40. The maximum Gasteiger partial charge on any atom is 0.173 e. The van der Waals surface area contributed by atoms with Crippen LogP contribution in [0.15, 0.2) is 30.6 Å². The van der Waals surface area contributed by atoms with Gasteiger partial charge in [-0.15, -0.1) is 0 Å². The van der Waals surface area contributed by atoms with E-state index < -0.39 is 0 Å². The van der Waals surface area contributed by atoms with Crippen molar-refractivity contribution in [2.24, 2.45) is 5.92 Å². The summed E-state index contributed by atoms with van der Waals surface area (Å²) in [6.45, 7) is 4.38. The van der Waals surface area contributed by atoms with Crippen LogP contribution < -0.4 is 5.32 Å². The molecule has 5 heteroatoms. The predicted molar refractivity (Wildman–Crippen MR) is 85.7 cm³/mol. The second kappa shape index (κ2) is 5.71. The SMILES string of the molecule is CC1CCN(C(=S)Nc2cccc3cnncc23)CC1. The van der Waals surface area contributed by atoms with Crippen molar-refractivity contribution >= 4 is 33.8 Å². The first kappa shape index (κ1) is 13.2. The smallest absolute Gasteiger partial charge is 0.173 e. The molecule has 1 N–H and O–H groups in total. The fourth-order valence-electron chi connectivity index (χ4n) is 2.54. The molecule has 1 aromatic heterocycles. The first-order valence-electron chi connectivity index (χ1n) is 6.99. The number of piperidine rings is 1. The Morgan fingerprint density at radius 1 is 1.25 bits per heavy atom. The molecule has 0 amide bonds. The topological polar surface area (TPSA) is 41.0 Å². The van der Waals surface area contributed by atoms with E-state index in [2.05, 4.69) is 27.3 Å². The van der Waals surface area contributed by atoms with Gasteiger partial charge in [0.2, 0.25) is 0 Å². The molecule has 0 spiro atoms. The normalized spacial score (nSPS) is 16.4. The summed E-state index contributed by atoms with van der Waals surface area (Å²) in [6, 6.07) is 6.07. The third-order valence-corrected chi connectivity index (χ3v) is 4.26. The number of likely N-dealkylation sites (tertiary alicyclic amines) is 1. The Labute approximate surface area is 124 Å². The summed E-state index contributed by atoms with van der Waals surface area (Å²) in [5.41, 5.74) is 1.00. The molecule has 1 saturated heterocycles. The molecule has 1 aromatic carbocycles. The van der Waals surface area contributed by atoms with Crippen LogP contribution in [0.4, 0.5) is 5.69 Å². The molecule has 1 aliphatic heterocycles. The summed E-state index contributed by atoms with van der Waals surface area (Å²) < 4.78 is 0. The number of hydrogen-bond donors (Lipinski definition) is 1. The molecule has 0 aliphatic carbocycles. The van der Waals surface area contributed by atoms with E-state index in [4.69, 9.17) is 12.2 Å². The highest BCUT2D eigenvalue weighted by Gasteiger charge is 2.18. The Balaban J connectivity index is 1.77. The second-order valence-corrected chi connectivity index (χ2v) is 5.78. The number of anilines is 1. The van der Waals surface area contributed by atoms with Crippen LogP contribution in [0.2, 0.25) is 0 Å². The molecule has 0 radical (unpaired) electrons. The fraction of sp³-hybridized carbons (Fsp3) is 0.400. The summed E-state index contributed by atoms with van der Waals surface area (Å²) in [7, 11) is 0. The first-order chi connectivity index (χ1) is 9.74. The third-order valence-electron chi connectivity index (χ3n) is 3.90. The number of hydrogen-bond acceptors (Lipinski definition) is 3. The number of aromatic nitrogens is 2. The summed E-state index contributed by atoms with van der Waals surface area (Å²) >= 11 is 5.54. The van der Waals surface area contributed by atoms with Gasteiger partial charge in [-0.3, -0.25) is 0 Å². The van der Waals surface area contributed by atoms with Gasteiger partial charge in [0.1, 0.15) is 0 Å². The fourth-order valence-corrected chi connectivity index (χ4v) is 2.83. The van der Waals surface area contributed by atoms with Gasteiger partial charge >= 0.3 is 0 Å². The molecule has 3 rings (SSSR count). The Hall–Kier alpha value is -1.75. The lowest BCUT2D eigenvalue weighted by Crippen LogP contribution is -2.40. The summed E-state index contributed by atoms with van der Waals surface area (Å²) in [5, 5.41) is 14.2. The number of benzene rings is 1. The van der Waals surface area contributed by atoms with Crippen molar-refractivity contribution in [1.82, 2.24) is 15.1 Å². The van der Waals surface area contributed by atoms with Gasteiger partial charge in [0.25, 0.3) is 0 Å². The standard InChI is InChI=1S/C15H18N4S/c1-11-5-7-19(8-6-11)15(20)18-14-4-2-3-12-9-16-17-10-13(12)14/h2-4,9-11H,5-8H2,1H3,(H,18,20). The minimum Gasteiger partial charge on any atom is -0.349 e. The van der Waals surface area contributed by atoms with Gasteiger partial charge in [-0.2, -0.15) is 10.2 Å². The number of fused-ring (bicyclic) bond motifs is 1. The van der Waals surface area contributed by atoms with Crippen LogP contribution in [-0.2, 0) is 0 Å². The van der Waals surface area contributed by atoms with Crippen molar-refractivity contribution in [2.75, 3.05) is 18.4 Å². The third kappa shape index (κ3) is 2.72. The molecule has 2 heterocycles. The van der Waals surface area contributed by atoms with E-state index in [1.165, 1.54) is 12.8 Å². The molecule has 4 nitrogen and oxygen atoms in total. The lowest BCUT2D eigenvalue weighted by molar-refractivity contribution is 0.283. The van der Waals surface area contributed by atoms with Crippen molar-refractivity contribution in [1.29, 1.82) is 0 Å². The number of nitrogens with zero attached hydrogens (tertiary/aromatic N) is 3. The number of thiocarbonyl (C=S) groups is 1. The highest BCUT2D eigenvalue weighted by atomic mass is 32.1. The van der Waals surface area contributed by atoms with Crippen LogP contribution in [0, 0.1) is 5.92 Å². The Bertz CT molecular complexity index is 615. The van der Waals surface area contributed by atoms with Crippen LogP contribution in [0.5, 0.6) is 0 Å². The molecule has 20 heavy (non-hydrogen) atoms. The Kier molecular flexibility index (Phi) is 3.78. The average molecular weight is 286 g/mol. The van der Waals surface area contributed by atoms with E-state index in [-0.39, 0.29) is 0 Å². The Morgan fingerprint density at radius 2 is 2.00 bits per heavy atom. The molecule has 1 aliphatic rings. The monoisotopic (exact) mass is 286 g/mol. The molecule has 1 fully saturated rings. The van der Waals surface area contributed by atoms with Crippen molar-refractivity contribution in [3.8, 4) is 0 Å². The van der Waals surface area contributed by atoms with Crippen molar-refractivity contribution in [3.05, 3.63) is 30.6 Å². The van der Waals surface area contributed by atoms with E-state index >= 15 is 0 Å². The maximum absolute atomic E-state index is 5.54. The molecule has 0 bridgehead atoms. The van der Waals surface area contributed by atoms with Gasteiger partial charge in [0.05, 0.1) is 12.4 Å². The predicted octanol–water partition coefficient (Wildman–Crippen LogP) is 3.06. The Morgan fingerprint density at radius 3 is 2.80 bits per heavy atom. The maximum atomic E-state index is 5.54. The van der Waals surface area contributed by atoms with Gasteiger partial charge in [-0.05, 0) is 37.0 Å². The van der Waals surface area contributed by atoms with E-state index in [1.54, 1.807) is 12.4 Å². The first-order valence-corrected chi connectivity index (χ1v) is 7.40. The van der Waals surface area contributed by atoms with Crippen molar-refractivity contribution in [3.63, 3.8) is 0 Å². The minimum atomic E-state index is 0.807. The van der Waals surface area contributed by atoms with E-state index in [1.807, 2.05) is 18.2 Å². The van der Waals surface area contributed by atoms with Gasteiger partial charge in [-0.25, -0.2) is 0 Å². The zero-order valence-corrected chi connectivity index (χ0v) is 12.4. The highest BCUT2D eigenvalue weighted by Crippen LogP contribution is 2.23. The number of nitrogens with one attached hydrogen (secondary N) is 1. The highest BCUT2D eigenvalue weighted by molar-refractivity contribution is 7.80. The molecule has 0 unspecified atom stereocenters. The van der Waals surface area contributed by atoms with Crippen LogP contribution in [0.25, 0.3) is 10.8 Å². The zero-order valence-electron chi connectivity index (χ0n) is 11.5. The van der Waals surface area contributed by atoms with Gasteiger partial charge < -0.3 is 10.2 Å². The average Bonchev–Trinajstić information content (AvgIpc) is 2.48. The van der Waals surface area contributed by atoms with Crippen LogP contribution in [-0.4, -0.2) is 33.3 Å². The summed E-state index contributed by atoms with van der Waals surface area (Å²) in [4.78, 5) is 2.25. The van der Waals surface area contributed by atoms with Crippen LogP contribution in [0.3, 0.4) is 0 Å². The minimum absolute atomic E-state index is 0.807. The van der Waals surface area contributed by atoms with Crippen LogP contribution >= 0.6 is 12.2 Å². The van der Waals surface area contributed by atoms with E-state index in [0.29, 0.717) is 0 Å². The van der Waals surface area contributed by atoms with E-state index in [9.17, 15) is 0 Å². The summed E-state index contributed by atoms with van der Waals surface area (Å²) in [6.07, 6.45) is 5.97. The molecular weight excluding hydrogens is 268 g/mol. The molecule has 0 atom stereocenters. The van der Waals surface area contributed by atoms with Crippen LogP contribution in [0.1, 0.15) is 19.8 Å². The largest absolute Gasteiger partial charge is 0.349 e. The lowest BCUT2D eigenvalue weighted by atomic mass is 10.00. The molecular formula is C15H18N4S. The van der Waals surface area contributed by atoms with Crippen molar-refractivity contribution < 1.29 is 0 Å². The zero-order chi connectivity index (χ0) is 13.9. The molecule has 2 aromatic rings. The number of rotatable bonds is 1. The lowest BCUT2D eigenvalue weighted by Gasteiger charge is -2.32. The quantitative estimate of drug-likeness (QED) is 0.816. The summed E-state index contributed by atoms with van der Waals surface area (Å²) in [5.74, 6) is 0.807. The molecule has 0 saturated carbocycles. The van der Waals surface area contributed by atoms with E-state index in [0.717, 1.165) is 40.6 Å². The van der Waals surface area contributed by atoms with Gasteiger partial charge in [0.15, 0.2) is 5.11 Å². The van der Waals surface area contributed by atoms with Gasteiger partial charge in [0, 0.05) is 29.5 Å².